The Bertz CT molecular complexity index is 1420. The van der Waals surface area contributed by atoms with Gasteiger partial charge in [-0.25, -0.2) is 18.0 Å². The van der Waals surface area contributed by atoms with E-state index in [1.807, 2.05) is 0 Å². The van der Waals surface area contributed by atoms with Crippen molar-refractivity contribution < 1.29 is 123 Å². The topological polar surface area (TPSA) is 397 Å². The molecule has 0 amide bonds. The molecule has 0 aromatic heterocycles. The molecule has 14 fully saturated rings. The van der Waals surface area contributed by atoms with Crippen LogP contribution in [0.3, 0.4) is 0 Å². The minimum absolute atomic E-state index is 1.11. The van der Waals surface area contributed by atoms with E-state index >= 15 is 0 Å². The van der Waals surface area contributed by atoms with Crippen LogP contribution in [0.5, 0.6) is 0 Å². The molecule has 0 radical (unpaired) electrons. The summed E-state index contributed by atoms with van der Waals surface area (Å²) in [4.78, 5) is 24.6. The molecule has 14 aliphatic heterocycles. The van der Waals surface area contributed by atoms with Crippen LogP contribution in [-0.2, 0) is 76.6 Å². The second kappa shape index (κ2) is 15.3. The molecule has 0 unspecified atom stereocenters. The van der Waals surface area contributed by atoms with E-state index in [-0.39, 0.29) is 0 Å². The highest BCUT2D eigenvalue weighted by molar-refractivity contribution is 7.81. The molecule has 14 aliphatic rings. The fraction of sp³-hybridized carbons (Fsp3) is 0.917. The van der Waals surface area contributed by atoms with Crippen LogP contribution < -0.4 is 0 Å². The Hall–Kier alpha value is -1.88. The van der Waals surface area contributed by atoms with Crippen LogP contribution >= 0.6 is 0 Å². The highest BCUT2D eigenvalue weighted by Gasteiger charge is 2.59. The molecule has 0 aromatic rings. The van der Waals surface area contributed by atoms with Crippen LogP contribution in [-0.4, -0.2) is 202 Å². The van der Waals surface area contributed by atoms with E-state index in [1.165, 1.54) is 0 Å². The van der Waals surface area contributed by atoms with Gasteiger partial charge in [-0.05, 0) is 13.8 Å². The summed E-state index contributed by atoms with van der Waals surface area (Å²) in [6, 6.07) is 0. The Balaban J connectivity index is 1.61. The van der Waals surface area contributed by atoms with Gasteiger partial charge in [0.2, 0.25) is 0 Å². The van der Waals surface area contributed by atoms with Crippen molar-refractivity contribution in [3.8, 4) is 0 Å². The number of carbonyl (C=O) groups is 2. The third-order valence-electron chi connectivity index (χ3n) is 8.71. The number of aliphatic hydroxyl groups is 6. The number of aliphatic hydroxyl groups excluding tert-OH is 6. The molecule has 0 spiro atoms. The lowest BCUT2D eigenvalue weighted by molar-refractivity contribution is -0.394. The molecule has 14 saturated heterocycles. The highest BCUT2D eigenvalue weighted by atomic mass is 32.3. The van der Waals surface area contributed by atoms with E-state index in [4.69, 9.17) is 37.9 Å². The summed E-state index contributed by atoms with van der Waals surface area (Å²) < 4.78 is 119. The van der Waals surface area contributed by atoms with Gasteiger partial charge in [0.15, 0.2) is 37.4 Å². The van der Waals surface area contributed by atoms with E-state index < -0.39 is 156 Å². The molecule has 14 rings (SSSR count). The molecule has 0 saturated carbocycles. The third kappa shape index (κ3) is 8.50. The fourth-order valence-electron chi connectivity index (χ4n) is 6.30. The van der Waals surface area contributed by atoms with Crippen LogP contribution in [0.25, 0.3) is 0 Å². The van der Waals surface area contributed by atoms with Crippen LogP contribution in [0, 0.1) is 0 Å². The van der Waals surface area contributed by atoms with Gasteiger partial charge in [0.25, 0.3) is 0 Å². The SMILES string of the molecule is C[C@@H]1O[C@H]2O[C@H]3[C@H](O)[C@@H](O)[C@H](O[C@@H]4[C@@H](OS(=O)(=O)O)[C@@H](O)[C@H](O[C@H]5[C@H](O)[C@@H](O)[C@H](O[C@@H]1[C@@H](OS(=O)(=O)O)[C@H]2O)O[C@@H]5C(=O)O)O[C@H]4C)O[C@@H]3C(=O)O. The van der Waals surface area contributed by atoms with Crippen molar-refractivity contribution in [2.45, 2.75) is 137 Å². The van der Waals surface area contributed by atoms with Crippen molar-refractivity contribution in [1.82, 2.24) is 0 Å². The zero-order valence-corrected chi connectivity index (χ0v) is 28.0. The molecule has 0 aliphatic carbocycles. The van der Waals surface area contributed by atoms with Gasteiger partial charge in [-0.2, -0.15) is 16.8 Å². The van der Waals surface area contributed by atoms with E-state index in [2.05, 4.69) is 8.37 Å². The first-order chi connectivity index (χ1) is 24.0. The maximum absolute atomic E-state index is 12.3. The largest absolute Gasteiger partial charge is 0.479 e. The van der Waals surface area contributed by atoms with Crippen molar-refractivity contribution in [2.24, 2.45) is 0 Å². The Kier molecular flexibility index (Phi) is 12.2. The predicted octanol–water partition coefficient (Wildman–Crippen LogP) is -6.81. The van der Waals surface area contributed by atoms with Crippen molar-refractivity contribution in [3.05, 3.63) is 0 Å². The van der Waals surface area contributed by atoms with Crippen molar-refractivity contribution in [3.63, 3.8) is 0 Å². The zero-order valence-electron chi connectivity index (χ0n) is 26.4. The maximum Gasteiger partial charge on any atom is 0.397 e. The standard InChI is InChI=1S/C24H36O26S2/c1-3-11-15(49-51(35,36)37)9(29)23(41-3)45-13-6(26)8(28)22(48-17(13)19(31)32)44-12-4(2)42-24(10(30)16(12)50-52(38,39)40)46-14-5(25)7(27)21(43-11)47-18(14)20(33)34/h3-18,21-30H,1-2H3,(H,31,32)(H,33,34)(H,35,36,37)(H,38,39,40)/t3-,4-,5+,6+,7+,8+,9+,10+,11-,12-,13-,14-,15-,16-,17-,18-,21+,22+,23-,24-/m0/s1. The summed E-state index contributed by atoms with van der Waals surface area (Å²) in [5, 5.41) is 85.9. The lowest BCUT2D eigenvalue weighted by Gasteiger charge is -2.50. The van der Waals surface area contributed by atoms with Gasteiger partial charge in [0.05, 0.1) is 12.2 Å². The van der Waals surface area contributed by atoms with Gasteiger partial charge in [0, 0.05) is 0 Å². The second-order valence-electron chi connectivity index (χ2n) is 12.3. The van der Waals surface area contributed by atoms with E-state index in [0.717, 1.165) is 13.8 Å². The van der Waals surface area contributed by atoms with Crippen LogP contribution in [0.2, 0.25) is 0 Å². The molecular weight excluding hydrogens is 768 g/mol. The first-order valence-electron chi connectivity index (χ1n) is 15.1. The van der Waals surface area contributed by atoms with Gasteiger partial charge in [-0.3, -0.25) is 9.11 Å². The highest BCUT2D eigenvalue weighted by Crippen LogP contribution is 2.38. The van der Waals surface area contributed by atoms with Crippen LogP contribution in [0.4, 0.5) is 0 Å². The average Bonchev–Trinajstić information content (AvgIpc) is 3.02. The number of rotatable bonds is 6. The first kappa shape index (κ1) is 41.3. The average molecular weight is 805 g/mol. The van der Waals surface area contributed by atoms with E-state index in [1.54, 1.807) is 0 Å². The summed E-state index contributed by atoms with van der Waals surface area (Å²) in [7, 11) is -11.0. The lowest BCUT2D eigenvalue weighted by Crippen LogP contribution is -2.69. The lowest BCUT2D eigenvalue weighted by atomic mass is 9.95. The maximum atomic E-state index is 12.3. The van der Waals surface area contributed by atoms with Crippen molar-refractivity contribution >= 4 is 32.7 Å². The van der Waals surface area contributed by atoms with Gasteiger partial charge in [-0.1, -0.05) is 0 Å². The first-order valence-corrected chi connectivity index (χ1v) is 17.8. The van der Waals surface area contributed by atoms with Crippen molar-refractivity contribution in [1.29, 1.82) is 0 Å². The number of carboxylic acids is 2. The summed E-state index contributed by atoms with van der Waals surface area (Å²) in [6.07, 6.45) is -44.0. The molecule has 26 nitrogen and oxygen atoms in total. The van der Waals surface area contributed by atoms with Gasteiger partial charge < -0.3 is 78.7 Å². The molecular formula is C24H36O26S2. The Morgan fingerprint density at radius 3 is 1.04 bits per heavy atom. The van der Waals surface area contributed by atoms with E-state index in [9.17, 15) is 76.4 Å². The number of hydrogen-bond acceptors (Lipinski definition) is 22. The molecule has 20 atom stereocenters. The molecule has 0 aromatic carbocycles. The second-order valence-corrected chi connectivity index (χ2v) is 14.4. The summed E-state index contributed by atoms with van der Waals surface area (Å²) >= 11 is 0. The minimum atomic E-state index is -5.50. The monoisotopic (exact) mass is 804 g/mol. The van der Waals surface area contributed by atoms with Crippen LogP contribution in [0.15, 0.2) is 0 Å². The third-order valence-corrected chi connectivity index (χ3v) is 9.64. The number of hydrogen-bond donors (Lipinski definition) is 10. The Labute approximate surface area is 292 Å². The number of ether oxygens (including phenoxy) is 8. The summed E-state index contributed by atoms with van der Waals surface area (Å²) in [6.45, 7) is 2.21. The molecule has 300 valence electrons. The van der Waals surface area contributed by atoms with E-state index in [0.29, 0.717) is 0 Å². The molecule has 28 heteroatoms. The Morgan fingerprint density at radius 2 is 0.750 bits per heavy atom. The van der Waals surface area contributed by atoms with Gasteiger partial charge >= 0.3 is 32.7 Å². The minimum Gasteiger partial charge on any atom is -0.479 e. The van der Waals surface area contributed by atoms with Gasteiger partial charge in [-0.15, -0.1) is 0 Å². The smallest absolute Gasteiger partial charge is 0.397 e. The molecule has 14 heterocycles. The fourth-order valence-corrected chi connectivity index (χ4v) is 7.30. The summed E-state index contributed by atoms with van der Waals surface area (Å²) in [5.74, 6) is -3.81. The Morgan fingerprint density at radius 1 is 0.462 bits per heavy atom. The van der Waals surface area contributed by atoms with Crippen molar-refractivity contribution in [2.75, 3.05) is 0 Å². The quantitative estimate of drug-likeness (QED) is 0.112. The summed E-state index contributed by atoms with van der Waals surface area (Å²) in [5.41, 5.74) is 0. The number of aliphatic carboxylic acids is 2. The van der Waals surface area contributed by atoms with Crippen LogP contribution in [0.1, 0.15) is 13.8 Å². The molecule has 52 heavy (non-hydrogen) atoms. The van der Waals surface area contributed by atoms with Gasteiger partial charge in [0.1, 0.15) is 73.2 Å². The normalized spacial score (nSPS) is 49.1. The zero-order chi connectivity index (χ0) is 38.8. The molecule has 10 N–H and O–H groups in total. The predicted molar refractivity (Wildman–Crippen MR) is 150 cm³/mol. The molecule has 8 bridgehead atoms. The number of carboxylic acid groups (broad SMARTS) is 2.